The molecule has 216 valence electrons. The second kappa shape index (κ2) is 10.8. The lowest BCUT2D eigenvalue weighted by molar-refractivity contribution is 0.670. The van der Waals surface area contributed by atoms with Crippen molar-refractivity contribution in [1.82, 2.24) is 0 Å². The third-order valence-electron chi connectivity index (χ3n) is 9.02. The smallest absolute Gasteiger partial charge is 0.159 e. The molecule has 0 N–H and O–H groups in total. The van der Waals surface area contributed by atoms with Gasteiger partial charge in [0.2, 0.25) is 0 Å². The van der Waals surface area contributed by atoms with Crippen LogP contribution in [-0.2, 0) is 0 Å². The summed E-state index contributed by atoms with van der Waals surface area (Å²) < 4.78 is 7.06. The van der Waals surface area contributed by atoms with Gasteiger partial charge in [0.25, 0.3) is 0 Å². The van der Waals surface area contributed by atoms with Gasteiger partial charge < -0.3 is 9.32 Å². The highest BCUT2D eigenvalue weighted by Gasteiger charge is 2.22. The van der Waals surface area contributed by atoms with Crippen molar-refractivity contribution in [3.63, 3.8) is 0 Å². The van der Waals surface area contributed by atoms with Crippen molar-refractivity contribution in [3.05, 3.63) is 176 Å². The molecule has 0 aliphatic rings. The van der Waals surface area contributed by atoms with Crippen molar-refractivity contribution in [2.75, 3.05) is 4.90 Å². The molecule has 2 nitrogen and oxygen atoms in total. The standard InChI is InChI=1S/C44H29NO/c1-3-12-30(13-4-1)32-24-26-37(27-25-32)45(36-17-5-2-6-18-36)41-21-11-20-39-42-38-19-10-9-16-34(38)29-40(44(42)46-43(39)41)35-23-22-31-14-7-8-15-33(31)28-35/h1-29H. The number of para-hydroxylation sites is 2. The van der Waals surface area contributed by atoms with Crippen molar-refractivity contribution in [2.24, 2.45) is 0 Å². The van der Waals surface area contributed by atoms with Crippen LogP contribution in [-0.4, -0.2) is 0 Å². The van der Waals surface area contributed by atoms with Crippen molar-refractivity contribution < 1.29 is 4.42 Å². The average molecular weight is 588 g/mol. The first-order valence-corrected chi connectivity index (χ1v) is 15.7. The number of hydrogen-bond donors (Lipinski definition) is 0. The van der Waals surface area contributed by atoms with E-state index in [0.29, 0.717) is 0 Å². The SMILES string of the molecule is c1ccc(-c2ccc(N(c3ccccc3)c3cccc4c3oc3c(-c5ccc6ccccc6c5)cc5ccccc5c34)cc2)cc1. The summed E-state index contributed by atoms with van der Waals surface area (Å²) in [6.07, 6.45) is 0. The van der Waals surface area contributed by atoms with Gasteiger partial charge in [0.05, 0.1) is 5.69 Å². The highest BCUT2D eigenvalue weighted by atomic mass is 16.3. The molecule has 2 heteroatoms. The van der Waals surface area contributed by atoms with E-state index < -0.39 is 0 Å². The number of rotatable bonds is 5. The minimum absolute atomic E-state index is 0.867. The Hall–Kier alpha value is -6.12. The first-order chi connectivity index (χ1) is 22.8. The summed E-state index contributed by atoms with van der Waals surface area (Å²) in [5, 5.41) is 7.08. The molecule has 0 atom stereocenters. The normalized spacial score (nSPS) is 11.5. The minimum Gasteiger partial charge on any atom is -0.453 e. The highest BCUT2D eigenvalue weighted by Crippen LogP contribution is 2.46. The Morgan fingerprint density at radius 3 is 1.78 bits per heavy atom. The average Bonchev–Trinajstić information content (AvgIpc) is 3.53. The molecule has 0 spiro atoms. The largest absolute Gasteiger partial charge is 0.453 e. The fourth-order valence-corrected chi connectivity index (χ4v) is 6.82. The molecule has 0 radical (unpaired) electrons. The zero-order valence-corrected chi connectivity index (χ0v) is 25.1. The van der Waals surface area contributed by atoms with E-state index in [2.05, 4.69) is 181 Å². The summed E-state index contributed by atoms with van der Waals surface area (Å²) in [5.41, 5.74) is 9.54. The van der Waals surface area contributed by atoms with Gasteiger partial charge in [0.1, 0.15) is 5.58 Å². The maximum atomic E-state index is 7.06. The third kappa shape index (κ3) is 4.35. The lowest BCUT2D eigenvalue weighted by Crippen LogP contribution is -2.10. The van der Waals surface area contributed by atoms with Crippen LogP contribution < -0.4 is 4.90 Å². The molecule has 0 unspecified atom stereocenters. The van der Waals surface area contributed by atoms with Gasteiger partial charge in [-0.05, 0) is 80.7 Å². The molecular weight excluding hydrogens is 558 g/mol. The summed E-state index contributed by atoms with van der Waals surface area (Å²) in [6, 6.07) is 62.5. The first-order valence-electron chi connectivity index (χ1n) is 15.7. The predicted octanol–water partition coefficient (Wildman–Crippen LogP) is 12.7. The quantitative estimate of drug-likeness (QED) is 0.199. The number of furan rings is 1. The first kappa shape index (κ1) is 26.3. The number of hydrogen-bond acceptors (Lipinski definition) is 2. The zero-order valence-electron chi connectivity index (χ0n) is 25.1. The molecule has 0 aliphatic carbocycles. The van der Waals surface area contributed by atoms with Crippen LogP contribution in [0.1, 0.15) is 0 Å². The van der Waals surface area contributed by atoms with E-state index >= 15 is 0 Å². The summed E-state index contributed by atoms with van der Waals surface area (Å²) in [6.45, 7) is 0. The van der Waals surface area contributed by atoms with Crippen LogP contribution in [0.5, 0.6) is 0 Å². The Labute approximate surface area is 267 Å². The molecule has 9 rings (SSSR count). The monoisotopic (exact) mass is 587 g/mol. The Morgan fingerprint density at radius 1 is 0.370 bits per heavy atom. The summed E-state index contributed by atoms with van der Waals surface area (Å²) in [4.78, 5) is 2.30. The van der Waals surface area contributed by atoms with Gasteiger partial charge >= 0.3 is 0 Å². The maximum absolute atomic E-state index is 7.06. The summed E-state index contributed by atoms with van der Waals surface area (Å²) >= 11 is 0. The van der Waals surface area contributed by atoms with Gasteiger partial charge in [-0.1, -0.05) is 133 Å². The lowest BCUT2D eigenvalue weighted by Gasteiger charge is -2.25. The predicted molar refractivity (Wildman–Crippen MR) is 194 cm³/mol. The van der Waals surface area contributed by atoms with Crippen LogP contribution in [0.3, 0.4) is 0 Å². The van der Waals surface area contributed by atoms with E-state index in [0.717, 1.165) is 50.1 Å². The maximum Gasteiger partial charge on any atom is 0.159 e. The molecule has 0 fully saturated rings. The Morgan fingerprint density at radius 2 is 0.978 bits per heavy atom. The Balaban J connectivity index is 1.30. The fourth-order valence-electron chi connectivity index (χ4n) is 6.82. The number of anilines is 3. The van der Waals surface area contributed by atoms with E-state index in [1.54, 1.807) is 0 Å². The van der Waals surface area contributed by atoms with E-state index in [-0.39, 0.29) is 0 Å². The van der Waals surface area contributed by atoms with Crippen molar-refractivity contribution in [3.8, 4) is 22.3 Å². The Bertz CT molecular complexity index is 2510. The molecule has 1 heterocycles. The molecule has 0 amide bonds. The van der Waals surface area contributed by atoms with Gasteiger partial charge in [-0.25, -0.2) is 0 Å². The molecule has 1 aromatic heterocycles. The van der Waals surface area contributed by atoms with E-state index in [1.165, 1.54) is 32.7 Å². The van der Waals surface area contributed by atoms with E-state index in [1.807, 2.05) is 0 Å². The van der Waals surface area contributed by atoms with E-state index in [9.17, 15) is 0 Å². The second-order valence-electron chi connectivity index (χ2n) is 11.8. The molecule has 9 aromatic rings. The summed E-state index contributed by atoms with van der Waals surface area (Å²) in [5.74, 6) is 0. The molecule has 0 saturated carbocycles. The lowest BCUT2D eigenvalue weighted by atomic mass is 9.95. The van der Waals surface area contributed by atoms with E-state index in [4.69, 9.17) is 4.42 Å². The minimum atomic E-state index is 0.867. The number of fused-ring (bicyclic) bond motifs is 6. The topological polar surface area (TPSA) is 16.4 Å². The highest BCUT2D eigenvalue weighted by molar-refractivity contribution is 6.24. The van der Waals surface area contributed by atoms with Crippen LogP contribution in [0, 0.1) is 0 Å². The molecule has 0 saturated heterocycles. The van der Waals surface area contributed by atoms with Crippen LogP contribution >= 0.6 is 0 Å². The third-order valence-corrected chi connectivity index (χ3v) is 9.02. The van der Waals surface area contributed by atoms with Crippen molar-refractivity contribution in [1.29, 1.82) is 0 Å². The molecule has 8 aromatic carbocycles. The van der Waals surface area contributed by atoms with Crippen LogP contribution in [0.15, 0.2) is 180 Å². The van der Waals surface area contributed by atoms with Gasteiger partial charge in [-0.3, -0.25) is 0 Å². The molecule has 0 aliphatic heterocycles. The zero-order chi connectivity index (χ0) is 30.5. The van der Waals surface area contributed by atoms with Gasteiger partial charge in [-0.15, -0.1) is 0 Å². The number of benzene rings is 8. The van der Waals surface area contributed by atoms with Gasteiger partial charge in [-0.2, -0.15) is 0 Å². The molecule has 46 heavy (non-hydrogen) atoms. The Kier molecular flexibility index (Phi) is 6.17. The summed E-state index contributed by atoms with van der Waals surface area (Å²) in [7, 11) is 0. The van der Waals surface area contributed by atoms with Gasteiger partial charge in [0.15, 0.2) is 5.58 Å². The van der Waals surface area contributed by atoms with Crippen LogP contribution in [0.25, 0.3) is 65.7 Å². The number of nitrogens with zero attached hydrogens (tertiary/aromatic N) is 1. The van der Waals surface area contributed by atoms with Crippen LogP contribution in [0.2, 0.25) is 0 Å². The molecular formula is C44H29NO. The van der Waals surface area contributed by atoms with Crippen LogP contribution in [0.4, 0.5) is 17.1 Å². The van der Waals surface area contributed by atoms with Gasteiger partial charge in [0, 0.05) is 27.7 Å². The fraction of sp³-hybridized carbons (Fsp3) is 0. The van der Waals surface area contributed by atoms with Crippen molar-refractivity contribution >= 4 is 60.5 Å². The molecule has 0 bridgehead atoms. The second-order valence-corrected chi connectivity index (χ2v) is 11.8. The van der Waals surface area contributed by atoms with Crippen molar-refractivity contribution in [2.45, 2.75) is 0 Å².